The molecule has 1 saturated heterocycles. The lowest BCUT2D eigenvalue weighted by Gasteiger charge is -2.36. The van der Waals surface area contributed by atoms with E-state index >= 15 is 0 Å². The van der Waals surface area contributed by atoms with Crippen LogP contribution in [0.1, 0.15) is 25.6 Å². The number of nitrogens with one attached hydrogen (secondary N) is 1. The lowest BCUT2D eigenvalue weighted by atomic mass is 9.80. The average Bonchev–Trinajstić information content (AvgIpc) is 2.75. The van der Waals surface area contributed by atoms with Gasteiger partial charge in [0.15, 0.2) is 0 Å². The quantitative estimate of drug-likeness (QED) is 0.859. The van der Waals surface area contributed by atoms with E-state index in [0.717, 1.165) is 11.5 Å². The van der Waals surface area contributed by atoms with E-state index in [-0.39, 0.29) is 6.03 Å². The SMILES string of the molecule is Cc1nsc(NC(=O)N2CCC(C)(C(=O)O)CC2)n1. The first-order chi connectivity index (χ1) is 8.90. The van der Waals surface area contributed by atoms with Crippen molar-refractivity contribution in [2.24, 2.45) is 5.41 Å². The van der Waals surface area contributed by atoms with E-state index in [2.05, 4.69) is 14.7 Å². The van der Waals surface area contributed by atoms with Crippen molar-refractivity contribution in [1.29, 1.82) is 0 Å². The second-order valence-electron chi connectivity index (χ2n) is 4.93. The van der Waals surface area contributed by atoms with Crippen molar-refractivity contribution in [1.82, 2.24) is 14.3 Å². The zero-order chi connectivity index (χ0) is 14.0. The van der Waals surface area contributed by atoms with Gasteiger partial charge in [0.25, 0.3) is 0 Å². The molecule has 0 radical (unpaired) electrons. The highest BCUT2D eigenvalue weighted by atomic mass is 32.1. The first kappa shape index (κ1) is 13.7. The van der Waals surface area contributed by atoms with Crippen molar-refractivity contribution in [3.8, 4) is 0 Å². The summed E-state index contributed by atoms with van der Waals surface area (Å²) in [6.45, 7) is 4.35. The second kappa shape index (κ2) is 5.12. The molecule has 1 aliphatic rings. The van der Waals surface area contributed by atoms with Crippen molar-refractivity contribution in [2.75, 3.05) is 18.4 Å². The van der Waals surface area contributed by atoms with Crippen LogP contribution in [0.2, 0.25) is 0 Å². The number of urea groups is 1. The minimum Gasteiger partial charge on any atom is -0.481 e. The molecule has 2 N–H and O–H groups in total. The molecule has 1 aromatic rings. The summed E-state index contributed by atoms with van der Waals surface area (Å²) in [4.78, 5) is 28.7. The summed E-state index contributed by atoms with van der Waals surface area (Å²) in [7, 11) is 0. The molecule has 0 bridgehead atoms. The first-order valence-electron chi connectivity index (χ1n) is 6.00. The zero-order valence-corrected chi connectivity index (χ0v) is 11.7. The van der Waals surface area contributed by atoms with Gasteiger partial charge in [-0.1, -0.05) is 0 Å². The van der Waals surface area contributed by atoms with Gasteiger partial charge in [0.05, 0.1) is 5.41 Å². The third kappa shape index (κ3) is 3.01. The number of carboxylic acid groups (broad SMARTS) is 1. The Morgan fingerprint density at radius 1 is 1.42 bits per heavy atom. The van der Waals surface area contributed by atoms with Gasteiger partial charge in [0, 0.05) is 24.6 Å². The molecule has 0 spiro atoms. The molecule has 2 amide bonds. The Balaban J connectivity index is 1.91. The van der Waals surface area contributed by atoms with Gasteiger partial charge in [0.1, 0.15) is 5.82 Å². The van der Waals surface area contributed by atoms with Gasteiger partial charge >= 0.3 is 12.0 Å². The van der Waals surface area contributed by atoms with Crippen LogP contribution in [-0.4, -0.2) is 44.5 Å². The van der Waals surface area contributed by atoms with Crippen molar-refractivity contribution in [3.63, 3.8) is 0 Å². The van der Waals surface area contributed by atoms with Crippen LogP contribution in [0.5, 0.6) is 0 Å². The van der Waals surface area contributed by atoms with Crippen LogP contribution in [0, 0.1) is 12.3 Å². The summed E-state index contributed by atoms with van der Waals surface area (Å²) >= 11 is 1.13. The second-order valence-corrected chi connectivity index (χ2v) is 5.68. The molecular formula is C11H16N4O3S. The van der Waals surface area contributed by atoms with Crippen LogP contribution in [0.3, 0.4) is 0 Å². The molecule has 2 rings (SSSR count). The molecule has 7 nitrogen and oxygen atoms in total. The fraction of sp³-hybridized carbons (Fsp3) is 0.636. The maximum Gasteiger partial charge on any atom is 0.323 e. The molecule has 8 heteroatoms. The van der Waals surface area contributed by atoms with Crippen molar-refractivity contribution in [3.05, 3.63) is 5.82 Å². The molecule has 1 fully saturated rings. The largest absolute Gasteiger partial charge is 0.481 e. The number of aromatic nitrogens is 2. The lowest BCUT2D eigenvalue weighted by molar-refractivity contribution is -0.150. The topological polar surface area (TPSA) is 95.4 Å². The molecule has 19 heavy (non-hydrogen) atoms. The number of hydrogen-bond donors (Lipinski definition) is 2. The lowest BCUT2D eigenvalue weighted by Crippen LogP contribution is -2.46. The van der Waals surface area contributed by atoms with Gasteiger partial charge in [-0.05, 0) is 26.7 Å². The van der Waals surface area contributed by atoms with Gasteiger partial charge < -0.3 is 10.0 Å². The number of hydrogen-bond acceptors (Lipinski definition) is 5. The fourth-order valence-electron chi connectivity index (χ4n) is 1.94. The summed E-state index contributed by atoms with van der Waals surface area (Å²) < 4.78 is 3.98. The van der Waals surface area contributed by atoms with Crippen LogP contribution in [-0.2, 0) is 4.79 Å². The normalized spacial score (nSPS) is 18.1. The van der Waals surface area contributed by atoms with E-state index in [4.69, 9.17) is 5.11 Å². The van der Waals surface area contributed by atoms with E-state index in [1.54, 1.807) is 18.7 Å². The Bertz CT molecular complexity index is 494. The van der Waals surface area contributed by atoms with Crippen LogP contribution in [0.25, 0.3) is 0 Å². The van der Waals surface area contributed by atoms with E-state index in [1.807, 2.05) is 0 Å². The minimum absolute atomic E-state index is 0.247. The maximum absolute atomic E-state index is 12.0. The summed E-state index contributed by atoms with van der Waals surface area (Å²) in [5.74, 6) is -0.176. The third-order valence-electron chi connectivity index (χ3n) is 3.41. The van der Waals surface area contributed by atoms with Crippen molar-refractivity contribution < 1.29 is 14.7 Å². The number of aryl methyl sites for hydroxylation is 1. The number of rotatable bonds is 2. The maximum atomic E-state index is 12.0. The zero-order valence-electron chi connectivity index (χ0n) is 10.8. The summed E-state index contributed by atoms with van der Waals surface area (Å²) in [5.41, 5.74) is -0.726. The number of nitrogens with zero attached hydrogens (tertiary/aromatic N) is 3. The van der Waals surface area contributed by atoms with Gasteiger partial charge in [-0.15, -0.1) is 0 Å². The number of carboxylic acids is 1. The highest BCUT2D eigenvalue weighted by molar-refractivity contribution is 7.09. The van der Waals surface area contributed by atoms with E-state index < -0.39 is 11.4 Å². The monoisotopic (exact) mass is 284 g/mol. The Hall–Kier alpha value is -1.70. The standard InChI is InChI=1S/C11H16N4O3S/c1-7-12-9(19-14-7)13-10(18)15-5-3-11(2,4-6-15)8(16)17/h3-6H2,1-2H3,(H,16,17)(H,12,13,14,18). The molecule has 104 valence electrons. The average molecular weight is 284 g/mol. The predicted octanol–water partition coefficient (Wildman–Crippen LogP) is 1.57. The Morgan fingerprint density at radius 2 is 2.05 bits per heavy atom. The van der Waals surface area contributed by atoms with Crippen LogP contribution >= 0.6 is 11.5 Å². The molecule has 0 unspecified atom stereocenters. The number of anilines is 1. The number of likely N-dealkylation sites (tertiary alicyclic amines) is 1. The smallest absolute Gasteiger partial charge is 0.323 e. The van der Waals surface area contributed by atoms with Crippen molar-refractivity contribution >= 4 is 28.7 Å². The highest BCUT2D eigenvalue weighted by Crippen LogP contribution is 2.31. The van der Waals surface area contributed by atoms with Gasteiger partial charge in [-0.3, -0.25) is 10.1 Å². The van der Waals surface area contributed by atoms with E-state index in [1.165, 1.54) is 0 Å². The summed E-state index contributed by atoms with van der Waals surface area (Å²) in [5, 5.41) is 12.3. The Labute approximate surface area is 114 Å². The summed E-state index contributed by atoms with van der Waals surface area (Å²) in [6.07, 6.45) is 0.926. The number of aliphatic carboxylic acids is 1. The van der Waals surface area contributed by atoms with E-state index in [0.29, 0.717) is 36.9 Å². The minimum atomic E-state index is -0.799. The molecular weight excluding hydrogens is 268 g/mol. The number of amides is 2. The number of carbonyl (C=O) groups is 2. The van der Waals surface area contributed by atoms with Crippen LogP contribution < -0.4 is 5.32 Å². The molecule has 1 aliphatic heterocycles. The molecule has 0 saturated carbocycles. The van der Waals surface area contributed by atoms with Gasteiger partial charge in [0.2, 0.25) is 5.13 Å². The Morgan fingerprint density at radius 3 is 2.53 bits per heavy atom. The molecule has 2 heterocycles. The molecule has 1 aromatic heterocycles. The molecule has 0 atom stereocenters. The third-order valence-corrected chi connectivity index (χ3v) is 4.13. The predicted molar refractivity (Wildman–Crippen MR) is 70.2 cm³/mol. The fourth-order valence-corrected chi connectivity index (χ4v) is 2.50. The van der Waals surface area contributed by atoms with Crippen molar-refractivity contribution in [2.45, 2.75) is 26.7 Å². The van der Waals surface area contributed by atoms with E-state index in [9.17, 15) is 9.59 Å². The molecule has 0 aromatic carbocycles. The highest BCUT2D eigenvalue weighted by Gasteiger charge is 2.38. The van der Waals surface area contributed by atoms with Gasteiger partial charge in [-0.2, -0.15) is 4.37 Å². The summed E-state index contributed by atoms with van der Waals surface area (Å²) in [6, 6.07) is -0.247. The van der Waals surface area contributed by atoms with Crippen LogP contribution in [0.15, 0.2) is 0 Å². The number of carbonyl (C=O) groups excluding carboxylic acids is 1. The van der Waals surface area contributed by atoms with Crippen LogP contribution in [0.4, 0.5) is 9.93 Å². The number of piperidine rings is 1. The van der Waals surface area contributed by atoms with Gasteiger partial charge in [-0.25, -0.2) is 9.78 Å². The Kier molecular flexibility index (Phi) is 3.70. The molecule has 0 aliphatic carbocycles. The first-order valence-corrected chi connectivity index (χ1v) is 6.78.